The molecule has 0 saturated heterocycles. The largest absolute Gasteiger partial charge is 0.462 e. The van der Waals surface area contributed by atoms with E-state index in [2.05, 4.69) is 21.0 Å². The summed E-state index contributed by atoms with van der Waals surface area (Å²) < 4.78 is 62.2. The van der Waals surface area contributed by atoms with Crippen LogP contribution >= 0.6 is 15.9 Å². The van der Waals surface area contributed by atoms with Crippen LogP contribution in [0, 0.1) is 11.6 Å². The molecule has 198 valence electrons. The van der Waals surface area contributed by atoms with Gasteiger partial charge in [0.15, 0.2) is 0 Å². The number of halogens is 3. The molecule has 1 aliphatic rings. The molecule has 0 radical (unpaired) electrons. The van der Waals surface area contributed by atoms with Gasteiger partial charge in [-0.3, -0.25) is 4.31 Å². The lowest BCUT2D eigenvalue weighted by atomic mass is 10.0. The number of hydrogen-bond donors (Lipinski definition) is 0. The van der Waals surface area contributed by atoms with Crippen molar-refractivity contribution in [2.24, 2.45) is 0 Å². The van der Waals surface area contributed by atoms with Crippen molar-refractivity contribution in [3.05, 3.63) is 87.5 Å². The van der Waals surface area contributed by atoms with Gasteiger partial charge in [0.05, 0.1) is 41.3 Å². The number of hydrogen-bond acceptors (Lipinski definition) is 5. The Labute approximate surface area is 227 Å². The molecule has 11 heteroatoms. The molecular formula is C27H24BrF2N3O4S. The highest BCUT2D eigenvalue weighted by Crippen LogP contribution is 2.46. The summed E-state index contributed by atoms with van der Waals surface area (Å²) in [5.41, 5.74) is 3.09. The van der Waals surface area contributed by atoms with Crippen molar-refractivity contribution < 1.29 is 26.7 Å². The highest BCUT2D eigenvalue weighted by Gasteiger charge is 2.33. The first-order chi connectivity index (χ1) is 18.1. The molecule has 7 nitrogen and oxygen atoms in total. The number of ether oxygens (including phenoxy) is 1. The quantitative estimate of drug-likeness (QED) is 0.229. The maximum atomic E-state index is 14.2. The third kappa shape index (κ3) is 5.17. The van der Waals surface area contributed by atoms with E-state index in [-0.39, 0.29) is 29.1 Å². The smallest absolute Gasteiger partial charge is 0.342 e. The summed E-state index contributed by atoms with van der Waals surface area (Å²) in [6, 6.07) is 11.8. The molecule has 0 spiro atoms. The minimum Gasteiger partial charge on any atom is -0.462 e. The van der Waals surface area contributed by atoms with Crippen LogP contribution in [0.5, 0.6) is 0 Å². The number of rotatable bonds is 8. The molecule has 38 heavy (non-hydrogen) atoms. The molecule has 0 aliphatic heterocycles. The summed E-state index contributed by atoms with van der Waals surface area (Å²) in [6.07, 6.45) is 4.40. The minimum absolute atomic E-state index is 0.0922. The van der Waals surface area contributed by atoms with Gasteiger partial charge < -0.3 is 4.74 Å². The van der Waals surface area contributed by atoms with Crippen LogP contribution in [-0.2, 0) is 21.3 Å². The summed E-state index contributed by atoms with van der Waals surface area (Å²) in [4.78, 5) is 13.1. The summed E-state index contributed by atoms with van der Waals surface area (Å²) in [5, 5.41) is 4.60. The molecule has 4 aromatic rings. The third-order valence-electron chi connectivity index (χ3n) is 6.37. The van der Waals surface area contributed by atoms with Crippen LogP contribution in [0.4, 0.5) is 14.5 Å². The number of carbonyl (C=O) groups excluding carboxylic acids is 1. The van der Waals surface area contributed by atoms with E-state index < -0.39 is 27.6 Å². The molecule has 0 bridgehead atoms. The lowest BCUT2D eigenvalue weighted by Gasteiger charge is -2.25. The van der Waals surface area contributed by atoms with Gasteiger partial charge in [0, 0.05) is 5.56 Å². The van der Waals surface area contributed by atoms with E-state index >= 15 is 0 Å². The molecule has 0 atom stereocenters. The second-order valence-electron chi connectivity index (χ2n) is 9.19. The molecule has 1 saturated carbocycles. The number of pyridine rings is 1. The summed E-state index contributed by atoms with van der Waals surface area (Å²) >= 11 is 3.12. The lowest BCUT2D eigenvalue weighted by Crippen LogP contribution is -2.30. The van der Waals surface area contributed by atoms with E-state index in [1.165, 1.54) is 45.2 Å². The summed E-state index contributed by atoms with van der Waals surface area (Å²) in [7, 11) is -3.80. The number of esters is 1. The van der Waals surface area contributed by atoms with Gasteiger partial charge in [-0.25, -0.2) is 26.5 Å². The van der Waals surface area contributed by atoms with Crippen molar-refractivity contribution >= 4 is 43.1 Å². The first kappa shape index (κ1) is 26.3. The zero-order valence-electron chi connectivity index (χ0n) is 20.6. The Morgan fingerprint density at radius 3 is 2.47 bits per heavy atom. The van der Waals surface area contributed by atoms with Crippen molar-refractivity contribution in [1.82, 2.24) is 9.61 Å². The maximum absolute atomic E-state index is 14.2. The van der Waals surface area contributed by atoms with Gasteiger partial charge in [-0.05, 0) is 95.2 Å². The number of anilines is 1. The first-order valence-electron chi connectivity index (χ1n) is 12.0. The van der Waals surface area contributed by atoms with Crippen LogP contribution in [0.2, 0.25) is 0 Å². The van der Waals surface area contributed by atoms with Gasteiger partial charge in [0.25, 0.3) is 0 Å². The average molecular weight is 604 g/mol. The SMILES string of the molecule is CCOC(=O)c1c(-c2ccc(F)cc2)nn2cc(N(Cc3ccc(Br)c(F)c3)S(C)(=O)=O)c(C3CC3)cc12. The predicted octanol–water partition coefficient (Wildman–Crippen LogP) is 6.06. The standard InChI is InChI=1S/C27H24BrF2N3O4S/c1-3-37-27(34)25-23-13-20(17-5-6-17)24(15-32(23)31-26(25)18-7-9-19(29)10-8-18)33(38(2,35)36)14-16-4-11-21(28)22(30)12-16/h4,7-13,15,17H,3,5-6,14H2,1-2H3. The Balaban J connectivity index is 1.72. The molecule has 2 heterocycles. The van der Waals surface area contributed by atoms with Crippen LogP contribution in [-0.4, -0.2) is 36.9 Å². The topological polar surface area (TPSA) is 81.0 Å². The molecule has 0 unspecified atom stereocenters. The van der Waals surface area contributed by atoms with Crippen LogP contribution in [0.25, 0.3) is 16.8 Å². The van der Waals surface area contributed by atoms with Crippen LogP contribution in [0.1, 0.15) is 47.2 Å². The molecule has 1 aliphatic carbocycles. The van der Waals surface area contributed by atoms with Crippen molar-refractivity contribution in [2.75, 3.05) is 17.2 Å². The van der Waals surface area contributed by atoms with Crippen molar-refractivity contribution in [2.45, 2.75) is 32.2 Å². The Morgan fingerprint density at radius 1 is 1.16 bits per heavy atom. The van der Waals surface area contributed by atoms with Crippen LogP contribution in [0.15, 0.2) is 59.2 Å². The highest BCUT2D eigenvalue weighted by molar-refractivity contribution is 9.10. The average Bonchev–Trinajstić information content (AvgIpc) is 3.64. The Hall–Kier alpha value is -3.31. The van der Waals surface area contributed by atoms with Crippen LogP contribution < -0.4 is 4.31 Å². The van der Waals surface area contributed by atoms with Gasteiger partial charge >= 0.3 is 5.97 Å². The number of fused-ring (bicyclic) bond motifs is 1. The van der Waals surface area contributed by atoms with Crippen molar-refractivity contribution in [3.8, 4) is 11.3 Å². The first-order valence-corrected chi connectivity index (χ1v) is 14.6. The number of nitrogens with zero attached hydrogens (tertiary/aromatic N) is 3. The molecule has 0 amide bonds. The lowest BCUT2D eigenvalue weighted by molar-refractivity contribution is 0.0529. The highest BCUT2D eigenvalue weighted by atomic mass is 79.9. The Kier molecular flexibility index (Phi) is 6.99. The molecular weight excluding hydrogens is 580 g/mol. The van der Waals surface area contributed by atoms with E-state index in [0.29, 0.717) is 28.0 Å². The number of carbonyl (C=O) groups is 1. The molecule has 1 fully saturated rings. The van der Waals surface area contributed by atoms with E-state index in [4.69, 9.17) is 4.74 Å². The minimum atomic E-state index is -3.80. The fourth-order valence-electron chi connectivity index (χ4n) is 4.42. The molecule has 2 aromatic carbocycles. The predicted molar refractivity (Wildman–Crippen MR) is 144 cm³/mol. The third-order valence-corrected chi connectivity index (χ3v) is 8.14. The fourth-order valence-corrected chi connectivity index (χ4v) is 5.56. The maximum Gasteiger partial charge on any atom is 0.342 e. The van der Waals surface area contributed by atoms with Crippen molar-refractivity contribution in [3.63, 3.8) is 0 Å². The van der Waals surface area contributed by atoms with E-state index in [1.807, 2.05) is 0 Å². The number of aromatic nitrogens is 2. The zero-order chi connectivity index (χ0) is 27.2. The van der Waals surface area contributed by atoms with E-state index in [1.54, 1.807) is 25.3 Å². The van der Waals surface area contributed by atoms with Gasteiger partial charge in [-0.15, -0.1) is 0 Å². The Morgan fingerprint density at radius 2 is 1.87 bits per heavy atom. The van der Waals surface area contributed by atoms with Gasteiger partial charge in [0.1, 0.15) is 22.9 Å². The van der Waals surface area contributed by atoms with Gasteiger partial charge in [-0.1, -0.05) is 6.07 Å². The second-order valence-corrected chi connectivity index (χ2v) is 11.9. The van der Waals surface area contributed by atoms with Gasteiger partial charge in [0.2, 0.25) is 10.0 Å². The normalized spacial score (nSPS) is 13.6. The van der Waals surface area contributed by atoms with E-state index in [9.17, 15) is 22.0 Å². The van der Waals surface area contributed by atoms with E-state index in [0.717, 1.165) is 24.7 Å². The molecule has 2 aromatic heterocycles. The van der Waals surface area contributed by atoms with Gasteiger partial charge in [-0.2, -0.15) is 5.10 Å². The Bertz CT molecular complexity index is 1650. The van der Waals surface area contributed by atoms with Crippen molar-refractivity contribution in [1.29, 1.82) is 0 Å². The summed E-state index contributed by atoms with van der Waals surface area (Å²) in [6.45, 7) is 1.76. The zero-order valence-corrected chi connectivity index (χ0v) is 23.0. The monoisotopic (exact) mass is 603 g/mol. The fraction of sp³-hybridized carbons (Fsp3) is 0.259. The summed E-state index contributed by atoms with van der Waals surface area (Å²) in [5.74, 6) is -1.41. The number of benzene rings is 2. The van der Waals surface area contributed by atoms with Crippen LogP contribution in [0.3, 0.4) is 0 Å². The molecule has 5 rings (SSSR count). The number of sulfonamides is 1. The molecule has 0 N–H and O–H groups in total. The second kappa shape index (κ2) is 10.1.